The molecule has 0 aliphatic carbocycles. The molecule has 0 radical (unpaired) electrons. The molecule has 0 N–H and O–H groups in total. The largest absolute Gasteiger partial charge is 0.433 e. The molecule has 2 aromatic heterocycles. The van der Waals surface area contributed by atoms with Crippen LogP contribution in [0.1, 0.15) is 18.5 Å². The first-order chi connectivity index (χ1) is 13.7. The standard InChI is InChI=1S/C18H21F3N6O2/c1-24-15(8-16(28)25(2)17(24)29)27-6-4-11-3-5-26(9-12(11)27)14-7-13(18(19,20)21)22-10-23-14/h7-8,10-12H,3-6,9H2,1-2H3. The third-order valence-corrected chi connectivity index (χ3v) is 5.92. The number of alkyl halides is 3. The van der Waals surface area contributed by atoms with Gasteiger partial charge in [0, 0.05) is 45.9 Å². The number of fused-ring (bicyclic) bond motifs is 1. The van der Waals surface area contributed by atoms with Crippen LogP contribution in [0.4, 0.5) is 24.8 Å². The second kappa shape index (κ2) is 6.89. The molecule has 2 unspecified atom stereocenters. The first-order valence-corrected chi connectivity index (χ1v) is 9.34. The highest BCUT2D eigenvalue weighted by Gasteiger charge is 2.40. The van der Waals surface area contributed by atoms with E-state index in [0.29, 0.717) is 31.4 Å². The third kappa shape index (κ3) is 3.38. The highest BCUT2D eigenvalue weighted by Crippen LogP contribution is 2.36. The average Bonchev–Trinajstić information content (AvgIpc) is 3.11. The van der Waals surface area contributed by atoms with Crippen molar-refractivity contribution in [3.05, 3.63) is 45.0 Å². The summed E-state index contributed by atoms with van der Waals surface area (Å²) in [6.45, 7) is 1.74. The molecule has 0 spiro atoms. The third-order valence-electron chi connectivity index (χ3n) is 5.92. The summed E-state index contributed by atoms with van der Waals surface area (Å²) in [4.78, 5) is 35.6. The minimum atomic E-state index is -4.53. The topological polar surface area (TPSA) is 76.3 Å². The van der Waals surface area contributed by atoms with Gasteiger partial charge in [-0.1, -0.05) is 0 Å². The van der Waals surface area contributed by atoms with Crippen molar-refractivity contribution < 1.29 is 13.2 Å². The number of nitrogens with zero attached hydrogens (tertiary/aromatic N) is 6. The van der Waals surface area contributed by atoms with Crippen molar-refractivity contribution in [3.8, 4) is 0 Å². The zero-order chi connectivity index (χ0) is 20.9. The Bertz CT molecular complexity index is 1050. The summed E-state index contributed by atoms with van der Waals surface area (Å²) >= 11 is 0. The van der Waals surface area contributed by atoms with Crippen LogP contribution >= 0.6 is 0 Å². The van der Waals surface area contributed by atoms with Gasteiger partial charge in [-0.2, -0.15) is 13.2 Å². The Morgan fingerprint density at radius 2 is 1.76 bits per heavy atom. The maximum atomic E-state index is 13.0. The van der Waals surface area contributed by atoms with Crippen LogP contribution < -0.4 is 21.0 Å². The van der Waals surface area contributed by atoms with Crippen LogP contribution in [0.25, 0.3) is 0 Å². The number of aromatic nitrogens is 4. The van der Waals surface area contributed by atoms with E-state index in [-0.39, 0.29) is 17.4 Å². The van der Waals surface area contributed by atoms with E-state index in [1.165, 1.54) is 17.7 Å². The minimum absolute atomic E-state index is 0.0224. The number of piperidine rings is 1. The molecule has 156 valence electrons. The van der Waals surface area contributed by atoms with Gasteiger partial charge in [-0.25, -0.2) is 14.8 Å². The van der Waals surface area contributed by atoms with Gasteiger partial charge in [0.25, 0.3) is 5.56 Å². The molecule has 0 amide bonds. The van der Waals surface area contributed by atoms with Crippen molar-refractivity contribution in [2.24, 2.45) is 20.0 Å². The van der Waals surface area contributed by atoms with Crippen LogP contribution in [-0.2, 0) is 20.3 Å². The summed E-state index contributed by atoms with van der Waals surface area (Å²) in [6.07, 6.45) is -1.90. The molecule has 2 saturated heterocycles. The summed E-state index contributed by atoms with van der Waals surface area (Å²) in [5.41, 5.74) is -1.76. The maximum Gasteiger partial charge on any atom is 0.433 e. The lowest BCUT2D eigenvalue weighted by Gasteiger charge is -2.40. The van der Waals surface area contributed by atoms with E-state index in [4.69, 9.17) is 0 Å². The van der Waals surface area contributed by atoms with Crippen LogP contribution in [0.2, 0.25) is 0 Å². The number of rotatable bonds is 2. The molecule has 0 saturated carbocycles. The zero-order valence-electron chi connectivity index (χ0n) is 16.1. The molecule has 11 heteroatoms. The Hall–Kier alpha value is -2.85. The molecule has 4 heterocycles. The van der Waals surface area contributed by atoms with E-state index in [9.17, 15) is 22.8 Å². The summed E-state index contributed by atoms with van der Waals surface area (Å²) in [7, 11) is 3.04. The summed E-state index contributed by atoms with van der Waals surface area (Å²) < 4.78 is 41.5. The maximum absolute atomic E-state index is 13.0. The fourth-order valence-corrected chi connectivity index (χ4v) is 4.31. The molecular weight excluding hydrogens is 389 g/mol. The molecule has 29 heavy (non-hydrogen) atoms. The molecule has 0 bridgehead atoms. The molecule has 2 aliphatic heterocycles. The van der Waals surface area contributed by atoms with Gasteiger partial charge in [-0.05, 0) is 18.8 Å². The number of hydrogen-bond donors (Lipinski definition) is 0. The van der Waals surface area contributed by atoms with Crippen LogP contribution in [0.5, 0.6) is 0 Å². The fourth-order valence-electron chi connectivity index (χ4n) is 4.31. The van der Waals surface area contributed by atoms with Crippen molar-refractivity contribution >= 4 is 11.6 Å². The van der Waals surface area contributed by atoms with E-state index in [2.05, 4.69) is 9.97 Å². The summed E-state index contributed by atoms with van der Waals surface area (Å²) in [5, 5.41) is 0. The van der Waals surface area contributed by atoms with E-state index < -0.39 is 17.6 Å². The van der Waals surface area contributed by atoms with Gasteiger partial charge in [-0.15, -0.1) is 0 Å². The van der Waals surface area contributed by atoms with Crippen molar-refractivity contribution in [1.82, 2.24) is 19.1 Å². The molecule has 8 nitrogen and oxygen atoms in total. The van der Waals surface area contributed by atoms with Gasteiger partial charge in [0.05, 0.1) is 6.04 Å². The summed E-state index contributed by atoms with van der Waals surface area (Å²) in [5.74, 6) is 1.11. The lowest BCUT2D eigenvalue weighted by Crippen LogP contribution is -2.50. The fraction of sp³-hybridized carbons (Fsp3) is 0.556. The molecule has 2 aliphatic rings. The van der Waals surface area contributed by atoms with Crippen LogP contribution in [0.3, 0.4) is 0 Å². The first kappa shape index (κ1) is 19.5. The smallest absolute Gasteiger partial charge is 0.354 e. The molecule has 2 fully saturated rings. The molecule has 2 atom stereocenters. The Balaban J connectivity index is 1.64. The predicted molar refractivity (Wildman–Crippen MR) is 100 cm³/mol. The Morgan fingerprint density at radius 1 is 1.03 bits per heavy atom. The average molecular weight is 410 g/mol. The van der Waals surface area contributed by atoms with Gasteiger partial charge < -0.3 is 9.80 Å². The van der Waals surface area contributed by atoms with E-state index in [1.54, 1.807) is 7.05 Å². The van der Waals surface area contributed by atoms with E-state index in [1.807, 2.05) is 9.80 Å². The van der Waals surface area contributed by atoms with E-state index in [0.717, 1.165) is 29.8 Å². The monoisotopic (exact) mass is 410 g/mol. The van der Waals surface area contributed by atoms with Crippen LogP contribution in [0.15, 0.2) is 28.0 Å². The lowest BCUT2D eigenvalue weighted by atomic mass is 9.92. The highest BCUT2D eigenvalue weighted by molar-refractivity contribution is 5.46. The zero-order valence-corrected chi connectivity index (χ0v) is 16.1. The molecule has 2 aromatic rings. The van der Waals surface area contributed by atoms with Gasteiger partial charge in [0.1, 0.15) is 23.7 Å². The SMILES string of the molecule is Cn1c(N2CCC3CCN(c4cc(C(F)(F)F)ncn4)CC32)cc(=O)n(C)c1=O. The van der Waals surface area contributed by atoms with Crippen molar-refractivity contribution in [2.45, 2.75) is 25.1 Å². The lowest BCUT2D eigenvalue weighted by molar-refractivity contribution is -0.141. The van der Waals surface area contributed by atoms with Crippen molar-refractivity contribution in [2.75, 3.05) is 29.4 Å². The first-order valence-electron chi connectivity index (χ1n) is 9.34. The normalized spacial score (nSPS) is 22.1. The van der Waals surface area contributed by atoms with Gasteiger partial charge in [-0.3, -0.25) is 13.9 Å². The van der Waals surface area contributed by atoms with E-state index >= 15 is 0 Å². The Kier molecular flexibility index (Phi) is 4.62. The number of halogens is 3. The molecular formula is C18H21F3N6O2. The van der Waals surface area contributed by atoms with Gasteiger partial charge >= 0.3 is 11.9 Å². The quantitative estimate of drug-likeness (QED) is 0.735. The number of anilines is 2. The van der Waals surface area contributed by atoms with Gasteiger partial charge in [0.15, 0.2) is 0 Å². The van der Waals surface area contributed by atoms with Crippen LogP contribution in [-0.4, -0.2) is 44.8 Å². The predicted octanol–water partition coefficient (Wildman–Crippen LogP) is 0.998. The Labute approximate surface area is 164 Å². The molecule has 4 rings (SSSR count). The van der Waals surface area contributed by atoms with Crippen LogP contribution in [0, 0.1) is 5.92 Å². The number of hydrogen-bond acceptors (Lipinski definition) is 6. The second-order valence-electron chi connectivity index (χ2n) is 7.54. The van der Waals surface area contributed by atoms with Crippen molar-refractivity contribution in [3.63, 3.8) is 0 Å². The highest BCUT2D eigenvalue weighted by atomic mass is 19.4. The second-order valence-corrected chi connectivity index (χ2v) is 7.54. The van der Waals surface area contributed by atoms with Crippen molar-refractivity contribution in [1.29, 1.82) is 0 Å². The summed E-state index contributed by atoms with van der Waals surface area (Å²) in [6, 6.07) is 2.38. The minimum Gasteiger partial charge on any atom is -0.354 e. The van der Waals surface area contributed by atoms with Gasteiger partial charge in [0.2, 0.25) is 0 Å². The Morgan fingerprint density at radius 3 is 2.48 bits per heavy atom. The molecule has 0 aromatic carbocycles.